The van der Waals surface area contributed by atoms with Gasteiger partial charge in [0.2, 0.25) is 0 Å². The highest BCUT2D eigenvalue weighted by atomic mass is 16.5. The Morgan fingerprint density at radius 1 is 1.05 bits per heavy atom. The summed E-state index contributed by atoms with van der Waals surface area (Å²) in [4.78, 5) is 2.26. The number of aryl methyl sites for hydroxylation is 2. The lowest BCUT2D eigenvalue weighted by Crippen LogP contribution is -2.37. The van der Waals surface area contributed by atoms with Crippen LogP contribution in [-0.4, -0.2) is 12.8 Å². The lowest BCUT2D eigenvalue weighted by atomic mass is 10.1. The van der Waals surface area contributed by atoms with Crippen LogP contribution in [0.1, 0.15) is 31.9 Å². The van der Waals surface area contributed by atoms with Crippen LogP contribution in [0.25, 0.3) is 0 Å². The van der Waals surface area contributed by atoms with Crippen LogP contribution in [-0.2, 0) is 6.42 Å². The summed E-state index contributed by atoms with van der Waals surface area (Å²) in [6.07, 6.45) is 1.03. The lowest BCUT2D eigenvalue weighted by molar-refractivity contribution is 0.216. The molecule has 0 aliphatic carbocycles. The van der Waals surface area contributed by atoms with Crippen LogP contribution in [0.15, 0.2) is 48.5 Å². The van der Waals surface area contributed by atoms with E-state index < -0.39 is 0 Å². The van der Waals surface area contributed by atoms with Crippen molar-refractivity contribution in [3.05, 3.63) is 59.7 Å². The Labute approximate surface area is 128 Å². The molecule has 0 N–H and O–H groups in total. The van der Waals surface area contributed by atoms with E-state index in [2.05, 4.69) is 75.1 Å². The van der Waals surface area contributed by atoms with Crippen molar-refractivity contribution in [1.29, 1.82) is 0 Å². The largest absolute Gasteiger partial charge is 0.471 e. The molecule has 0 heterocycles. The van der Waals surface area contributed by atoms with Gasteiger partial charge in [0.05, 0.1) is 0 Å². The second-order valence-corrected chi connectivity index (χ2v) is 5.35. The third-order valence-electron chi connectivity index (χ3n) is 3.69. The van der Waals surface area contributed by atoms with Gasteiger partial charge >= 0.3 is 0 Å². The molecule has 2 nitrogen and oxygen atoms in total. The summed E-state index contributed by atoms with van der Waals surface area (Å²) in [6.45, 7) is 9.46. The molecule has 1 unspecified atom stereocenters. The van der Waals surface area contributed by atoms with E-state index in [1.54, 1.807) is 0 Å². The Kier molecular flexibility index (Phi) is 5.26. The Bertz CT molecular complexity index is 565. The molecule has 0 aliphatic rings. The number of hydrogen-bond donors (Lipinski definition) is 0. The molecule has 2 heteroatoms. The van der Waals surface area contributed by atoms with Gasteiger partial charge in [0.1, 0.15) is 5.75 Å². The van der Waals surface area contributed by atoms with Gasteiger partial charge in [0.15, 0.2) is 6.23 Å². The predicted molar refractivity (Wildman–Crippen MR) is 90.1 cm³/mol. The molecule has 0 radical (unpaired) electrons. The van der Waals surface area contributed by atoms with Crippen LogP contribution < -0.4 is 9.64 Å². The van der Waals surface area contributed by atoms with Crippen LogP contribution in [0, 0.1) is 6.92 Å². The van der Waals surface area contributed by atoms with Crippen LogP contribution in [0.5, 0.6) is 5.75 Å². The second-order valence-electron chi connectivity index (χ2n) is 5.35. The fourth-order valence-corrected chi connectivity index (χ4v) is 2.63. The molecule has 112 valence electrons. The first-order valence-corrected chi connectivity index (χ1v) is 7.73. The van der Waals surface area contributed by atoms with E-state index in [1.807, 2.05) is 6.07 Å². The summed E-state index contributed by atoms with van der Waals surface area (Å²) in [6, 6.07) is 16.9. The van der Waals surface area contributed by atoms with Gasteiger partial charge in [0, 0.05) is 12.2 Å². The Balaban J connectivity index is 2.16. The zero-order valence-electron chi connectivity index (χ0n) is 13.5. The smallest absolute Gasteiger partial charge is 0.169 e. The fourth-order valence-electron chi connectivity index (χ4n) is 2.63. The Hall–Kier alpha value is -1.96. The molecule has 2 rings (SSSR count). The number of hydrogen-bond acceptors (Lipinski definition) is 2. The molecule has 0 spiro atoms. The third-order valence-corrected chi connectivity index (χ3v) is 3.69. The first-order chi connectivity index (χ1) is 10.1. The Morgan fingerprint density at radius 3 is 2.38 bits per heavy atom. The zero-order valence-corrected chi connectivity index (χ0v) is 13.5. The Morgan fingerprint density at radius 2 is 1.76 bits per heavy atom. The molecule has 0 fully saturated rings. The van der Waals surface area contributed by atoms with Gasteiger partial charge in [-0.3, -0.25) is 0 Å². The average molecular weight is 283 g/mol. The van der Waals surface area contributed by atoms with E-state index in [4.69, 9.17) is 4.74 Å². The first kappa shape index (κ1) is 15.4. The van der Waals surface area contributed by atoms with Gasteiger partial charge in [-0.25, -0.2) is 0 Å². The van der Waals surface area contributed by atoms with E-state index in [1.165, 1.54) is 16.8 Å². The van der Waals surface area contributed by atoms with E-state index in [-0.39, 0.29) is 6.23 Å². The van der Waals surface area contributed by atoms with Crippen molar-refractivity contribution in [2.45, 2.75) is 40.3 Å². The number of nitrogens with zero attached hydrogens (tertiary/aromatic N) is 1. The summed E-state index contributed by atoms with van der Waals surface area (Å²) >= 11 is 0. The molecule has 2 aromatic carbocycles. The van der Waals surface area contributed by atoms with Crippen molar-refractivity contribution >= 4 is 5.69 Å². The summed E-state index contributed by atoms with van der Waals surface area (Å²) in [5.74, 6) is 0.953. The first-order valence-electron chi connectivity index (χ1n) is 7.73. The second kappa shape index (κ2) is 7.16. The molecule has 0 aromatic heterocycles. The number of ether oxygens (including phenoxy) is 1. The number of rotatable bonds is 6. The minimum Gasteiger partial charge on any atom is -0.471 e. The molecule has 0 bridgehead atoms. The normalized spacial score (nSPS) is 12.0. The molecule has 1 atom stereocenters. The van der Waals surface area contributed by atoms with E-state index in [0.717, 1.165) is 18.7 Å². The van der Waals surface area contributed by atoms with Gasteiger partial charge < -0.3 is 9.64 Å². The van der Waals surface area contributed by atoms with E-state index in [0.29, 0.717) is 0 Å². The summed E-state index contributed by atoms with van der Waals surface area (Å²) in [5.41, 5.74) is 3.76. The molecular weight excluding hydrogens is 258 g/mol. The molecule has 0 aliphatic heterocycles. The topological polar surface area (TPSA) is 12.5 Å². The highest BCUT2D eigenvalue weighted by Gasteiger charge is 2.14. The quantitative estimate of drug-likeness (QED) is 0.705. The zero-order chi connectivity index (χ0) is 15.2. The van der Waals surface area contributed by atoms with Gasteiger partial charge in [0.25, 0.3) is 0 Å². The van der Waals surface area contributed by atoms with Gasteiger partial charge in [-0.1, -0.05) is 31.2 Å². The molecular formula is C19H25NO. The number of benzene rings is 2. The van der Waals surface area contributed by atoms with Crippen LogP contribution in [0.4, 0.5) is 5.69 Å². The summed E-state index contributed by atoms with van der Waals surface area (Å²) < 4.78 is 6.17. The lowest BCUT2D eigenvalue weighted by Gasteiger charge is -2.30. The van der Waals surface area contributed by atoms with Crippen molar-refractivity contribution in [2.75, 3.05) is 11.4 Å². The SMILES string of the molecule is CCc1cc(C)cc(OC(C)N(CC)c2ccccc2)c1. The number of anilines is 1. The van der Waals surface area contributed by atoms with Crippen LogP contribution in [0.3, 0.4) is 0 Å². The van der Waals surface area contributed by atoms with Crippen molar-refractivity contribution in [2.24, 2.45) is 0 Å². The number of para-hydroxylation sites is 1. The van der Waals surface area contributed by atoms with Crippen LogP contribution >= 0.6 is 0 Å². The minimum absolute atomic E-state index is 0.00362. The van der Waals surface area contributed by atoms with Crippen molar-refractivity contribution < 1.29 is 4.74 Å². The van der Waals surface area contributed by atoms with Gasteiger partial charge in [-0.05, 0) is 62.6 Å². The molecule has 0 amide bonds. The maximum atomic E-state index is 6.17. The maximum absolute atomic E-state index is 6.17. The highest BCUT2D eigenvalue weighted by molar-refractivity contribution is 5.46. The predicted octanol–water partition coefficient (Wildman–Crippen LogP) is 4.81. The molecule has 0 saturated carbocycles. The molecule has 21 heavy (non-hydrogen) atoms. The molecule has 2 aromatic rings. The monoisotopic (exact) mass is 283 g/mol. The fraction of sp³-hybridized carbons (Fsp3) is 0.368. The molecule has 0 saturated heterocycles. The standard InChI is InChI=1S/C19H25NO/c1-5-17-12-15(3)13-19(14-17)21-16(4)20(6-2)18-10-8-7-9-11-18/h7-14,16H,5-6H2,1-4H3. The highest BCUT2D eigenvalue weighted by Crippen LogP contribution is 2.22. The van der Waals surface area contributed by atoms with Crippen molar-refractivity contribution in [3.8, 4) is 5.75 Å². The van der Waals surface area contributed by atoms with Crippen LogP contribution in [0.2, 0.25) is 0 Å². The van der Waals surface area contributed by atoms with Gasteiger partial charge in [-0.2, -0.15) is 0 Å². The van der Waals surface area contributed by atoms with E-state index >= 15 is 0 Å². The maximum Gasteiger partial charge on any atom is 0.169 e. The summed E-state index contributed by atoms with van der Waals surface area (Å²) in [5, 5.41) is 0. The summed E-state index contributed by atoms with van der Waals surface area (Å²) in [7, 11) is 0. The average Bonchev–Trinajstić information content (AvgIpc) is 2.48. The van der Waals surface area contributed by atoms with Gasteiger partial charge in [-0.15, -0.1) is 0 Å². The third kappa shape index (κ3) is 4.01. The minimum atomic E-state index is 0.00362. The van der Waals surface area contributed by atoms with Crippen molar-refractivity contribution in [1.82, 2.24) is 0 Å². The van der Waals surface area contributed by atoms with E-state index in [9.17, 15) is 0 Å². The van der Waals surface area contributed by atoms with Crippen molar-refractivity contribution in [3.63, 3.8) is 0 Å².